The van der Waals surface area contributed by atoms with E-state index in [-0.39, 0.29) is 6.04 Å². The summed E-state index contributed by atoms with van der Waals surface area (Å²) < 4.78 is 38.0. The highest BCUT2D eigenvalue weighted by Gasteiger charge is 2.41. The third-order valence-electron chi connectivity index (χ3n) is 3.83. The molecule has 0 radical (unpaired) electrons. The van der Waals surface area contributed by atoms with Gasteiger partial charge in [0.1, 0.15) is 11.6 Å². The standard InChI is InChI=1S/C14H19F2NO2/c1-17-13(11-4-3-10(15)9-12(11)16)14(18-2)5-7-19-8-6-14/h3-4,9,13,17H,5-8H2,1-2H3. The van der Waals surface area contributed by atoms with Crippen LogP contribution in [0, 0.1) is 11.6 Å². The summed E-state index contributed by atoms with van der Waals surface area (Å²) in [5.41, 5.74) is -0.0984. The molecule has 1 aromatic rings. The number of rotatable bonds is 4. The number of benzene rings is 1. The number of methoxy groups -OCH3 is 1. The summed E-state index contributed by atoms with van der Waals surface area (Å²) in [6, 6.07) is 3.32. The van der Waals surface area contributed by atoms with Gasteiger partial charge in [0.25, 0.3) is 0 Å². The quantitative estimate of drug-likeness (QED) is 0.912. The zero-order chi connectivity index (χ0) is 13.9. The van der Waals surface area contributed by atoms with Gasteiger partial charge in [-0.1, -0.05) is 6.07 Å². The zero-order valence-electron chi connectivity index (χ0n) is 11.2. The Morgan fingerprint density at radius 3 is 2.53 bits per heavy atom. The van der Waals surface area contributed by atoms with Gasteiger partial charge in [-0.15, -0.1) is 0 Å². The molecule has 1 heterocycles. The third kappa shape index (κ3) is 2.78. The smallest absolute Gasteiger partial charge is 0.131 e. The Balaban J connectivity index is 2.36. The normalized spacial score (nSPS) is 20.2. The first-order chi connectivity index (χ1) is 9.13. The summed E-state index contributed by atoms with van der Waals surface area (Å²) in [5, 5.41) is 3.10. The third-order valence-corrected chi connectivity index (χ3v) is 3.83. The van der Waals surface area contributed by atoms with Crippen molar-refractivity contribution in [1.82, 2.24) is 5.32 Å². The van der Waals surface area contributed by atoms with E-state index in [9.17, 15) is 8.78 Å². The van der Waals surface area contributed by atoms with Gasteiger partial charge in [0.05, 0.1) is 11.6 Å². The van der Waals surface area contributed by atoms with Crippen LogP contribution in [0.2, 0.25) is 0 Å². The van der Waals surface area contributed by atoms with Gasteiger partial charge in [0, 0.05) is 44.8 Å². The minimum absolute atomic E-state index is 0.331. The van der Waals surface area contributed by atoms with Crippen LogP contribution in [0.5, 0.6) is 0 Å². The molecule has 0 bridgehead atoms. The van der Waals surface area contributed by atoms with Crippen LogP contribution in [-0.4, -0.2) is 33.0 Å². The van der Waals surface area contributed by atoms with Crippen LogP contribution in [0.4, 0.5) is 8.78 Å². The lowest BCUT2D eigenvalue weighted by atomic mass is 9.82. The van der Waals surface area contributed by atoms with Crippen LogP contribution < -0.4 is 5.32 Å². The van der Waals surface area contributed by atoms with Crippen LogP contribution in [-0.2, 0) is 9.47 Å². The van der Waals surface area contributed by atoms with Gasteiger partial charge in [-0.25, -0.2) is 8.78 Å². The van der Waals surface area contributed by atoms with E-state index in [1.54, 1.807) is 14.2 Å². The lowest BCUT2D eigenvalue weighted by Crippen LogP contribution is -2.48. The number of ether oxygens (including phenoxy) is 2. The van der Waals surface area contributed by atoms with Gasteiger partial charge in [0.2, 0.25) is 0 Å². The molecule has 1 atom stereocenters. The summed E-state index contributed by atoms with van der Waals surface area (Å²) in [7, 11) is 3.38. The molecule has 1 N–H and O–H groups in total. The summed E-state index contributed by atoms with van der Waals surface area (Å²) in [4.78, 5) is 0. The molecule has 3 nitrogen and oxygen atoms in total. The molecule has 19 heavy (non-hydrogen) atoms. The molecule has 0 aromatic heterocycles. The molecule has 0 spiro atoms. The minimum Gasteiger partial charge on any atom is -0.381 e. The Kier molecular flexibility index (Phi) is 4.50. The molecule has 0 aliphatic carbocycles. The first kappa shape index (κ1) is 14.4. The van der Waals surface area contributed by atoms with Gasteiger partial charge in [-0.2, -0.15) is 0 Å². The molecular weight excluding hydrogens is 252 g/mol. The summed E-state index contributed by atoms with van der Waals surface area (Å²) >= 11 is 0. The van der Waals surface area contributed by atoms with E-state index >= 15 is 0 Å². The fourth-order valence-electron chi connectivity index (χ4n) is 2.77. The molecule has 1 saturated heterocycles. The second-order valence-corrected chi connectivity index (χ2v) is 4.77. The highest BCUT2D eigenvalue weighted by Crippen LogP contribution is 2.38. The lowest BCUT2D eigenvalue weighted by Gasteiger charge is -2.42. The molecule has 106 valence electrons. The van der Waals surface area contributed by atoms with E-state index in [1.807, 2.05) is 0 Å². The minimum atomic E-state index is -0.574. The van der Waals surface area contributed by atoms with Gasteiger partial charge >= 0.3 is 0 Å². The van der Waals surface area contributed by atoms with Gasteiger partial charge in [-0.05, 0) is 13.1 Å². The fourth-order valence-corrected chi connectivity index (χ4v) is 2.77. The summed E-state index contributed by atoms with van der Waals surface area (Å²) in [6.45, 7) is 1.16. The fraction of sp³-hybridized carbons (Fsp3) is 0.571. The Morgan fingerprint density at radius 2 is 2.00 bits per heavy atom. The summed E-state index contributed by atoms with van der Waals surface area (Å²) in [5.74, 6) is -1.13. The van der Waals surface area contributed by atoms with Crippen molar-refractivity contribution in [2.75, 3.05) is 27.4 Å². The largest absolute Gasteiger partial charge is 0.381 e. The highest BCUT2D eigenvalue weighted by molar-refractivity contribution is 5.25. The molecule has 1 unspecified atom stereocenters. The van der Waals surface area contributed by atoms with E-state index < -0.39 is 17.2 Å². The predicted octanol–water partition coefficient (Wildman–Crippen LogP) is 2.42. The van der Waals surface area contributed by atoms with Crippen molar-refractivity contribution >= 4 is 0 Å². The predicted molar refractivity (Wildman–Crippen MR) is 68.0 cm³/mol. The number of halogens is 2. The highest BCUT2D eigenvalue weighted by atomic mass is 19.1. The molecule has 0 amide bonds. The molecule has 1 aliphatic heterocycles. The Labute approximate surface area is 111 Å². The lowest BCUT2D eigenvalue weighted by molar-refractivity contribution is -0.111. The average molecular weight is 271 g/mol. The van der Waals surface area contributed by atoms with Crippen LogP contribution >= 0.6 is 0 Å². The molecule has 1 aliphatic rings. The monoisotopic (exact) mass is 271 g/mol. The SMILES string of the molecule is CNC(c1ccc(F)cc1F)C1(OC)CCOCC1. The van der Waals surface area contributed by atoms with Crippen molar-refractivity contribution in [3.05, 3.63) is 35.4 Å². The van der Waals surface area contributed by atoms with Crippen molar-refractivity contribution in [3.63, 3.8) is 0 Å². The average Bonchev–Trinajstić information content (AvgIpc) is 2.43. The van der Waals surface area contributed by atoms with Crippen molar-refractivity contribution in [1.29, 1.82) is 0 Å². The number of hydrogen-bond acceptors (Lipinski definition) is 3. The Morgan fingerprint density at radius 1 is 1.32 bits per heavy atom. The summed E-state index contributed by atoms with van der Waals surface area (Å²) in [6.07, 6.45) is 1.34. The molecule has 0 saturated carbocycles. The first-order valence-electron chi connectivity index (χ1n) is 6.38. The topological polar surface area (TPSA) is 30.5 Å². The first-order valence-corrected chi connectivity index (χ1v) is 6.38. The van der Waals surface area contributed by atoms with Crippen LogP contribution in [0.15, 0.2) is 18.2 Å². The van der Waals surface area contributed by atoms with E-state index in [0.29, 0.717) is 31.6 Å². The molecule has 5 heteroatoms. The van der Waals surface area contributed by atoms with Crippen molar-refractivity contribution in [2.45, 2.75) is 24.5 Å². The van der Waals surface area contributed by atoms with Crippen LogP contribution in [0.3, 0.4) is 0 Å². The van der Waals surface area contributed by atoms with Gasteiger partial charge in [0.15, 0.2) is 0 Å². The molecular formula is C14H19F2NO2. The molecule has 2 rings (SSSR count). The number of likely N-dealkylation sites (N-methyl/N-ethyl adjacent to an activating group) is 1. The van der Waals surface area contributed by atoms with E-state index in [0.717, 1.165) is 6.07 Å². The van der Waals surface area contributed by atoms with Crippen molar-refractivity contribution in [3.8, 4) is 0 Å². The van der Waals surface area contributed by atoms with E-state index in [4.69, 9.17) is 9.47 Å². The van der Waals surface area contributed by atoms with Crippen LogP contribution in [0.1, 0.15) is 24.4 Å². The van der Waals surface area contributed by atoms with E-state index in [2.05, 4.69) is 5.32 Å². The second-order valence-electron chi connectivity index (χ2n) is 4.77. The zero-order valence-corrected chi connectivity index (χ0v) is 11.2. The van der Waals surface area contributed by atoms with Gasteiger partial charge in [-0.3, -0.25) is 0 Å². The van der Waals surface area contributed by atoms with E-state index in [1.165, 1.54) is 12.1 Å². The maximum absolute atomic E-state index is 14.0. The number of hydrogen-bond donors (Lipinski definition) is 1. The van der Waals surface area contributed by atoms with Crippen molar-refractivity contribution in [2.24, 2.45) is 0 Å². The second kappa shape index (κ2) is 5.94. The Bertz CT molecular complexity index is 433. The molecule has 1 aromatic carbocycles. The van der Waals surface area contributed by atoms with Crippen LogP contribution in [0.25, 0.3) is 0 Å². The van der Waals surface area contributed by atoms with Crippen molar-refractivity contribution < 1.29 is 18.3 Å². The Hall–Kier alpha value is -1.04. The maximum Gasteiger partial charge on any atom is 0.131 e. The molecule has 1 fully saturated rings. The number of nitrogens with one attached hydrogen (secondary N) is 1. The maximum atomic E-state index is 14.0. The van der Waals surface area contributed by atoms with Gasteiger partial charge < -0.3 is 14.8 Å².